The van der Waals surface area contributed by atoms with E-state index in [1.807, 2.05) is 12.2 Å². The number of hydrogen-bond acceptors (Lipinski definition) is 5. The summed E-state index contributed by atoms with van der Waals surface area (Å²) in [5.41, 5.74) is -1.13. The summed E-state index contributed by atoms with van der Waals surface area (Å²) in [6, 6.07) is 0. The number of aliphatic hydroxyl groups is 3. The number of unbranched alkanes of at least 4 members (excludes halogenated alkanes) is 2. The topological polar surface area (TPSA) is 94.8 Å². The average molecular weight is 403 g/mol. The summed E-state index contributed by atoms with van der Waals surface area (Å²) in [5.74, 6) is 0.736. The van der Waals surface area contributed by atoms with Gasteiger partial charge < -0.3 is 20.1 Å². The molecule has 0 radical (unpaired) electrons. The molecule has 0 spiro atoms. The Hall–Kier alpha value is -0.750. The fraction of sp³-hybridized carbons (Fsp3) is 0.810. The maximum absolute atomic E-state index is 12.2. The summed E-state index contributed by atoms with van der Waals surface area (Å²) in [5, 5.41) is 28.8. The molecule has 3 N–H and O–H groups in total. The van der Waals surface area contributed by atoms with Gasteiger partial charge >= 0.3 is 0 Å². The Kier molecular flexibility index (Phi) is 12.1. The van der Waals surface area contributed by atoms with Crippen LogP contribution in [-0.2, 0) is 9.59 Å². The van der Waals surface area contributed by atoms with Gasteiger partial charge in [0, 0.05) is 24.1 Å². The molecule has 27 heavy (non-hydrogen) atoms. The lowest BCUT2D eigenvalue weighted by Gasteiger charge is -2.24. The lowest BCUT2D eigenvalue weighted by atomic mass is 9.88. The highest BCUT2D eigenvalue weighted by Gasteiger charge is 2.32. The number of carbonyl (C=O) groups excluding carboxylic acids is 2. The second kappa shape index (κ2) is 13.4. The number of rotatable bonds is 15. The van der Waals surface area contributed by atoms with E-state index in [4.69, 9.17) is 16.7 Å². The van der Waals surface area contributed by atoms with Gasteiger partial charge in [0.2, 0.25) is 0 Å². The van der Waals surface area contributed by atoms with Crippen molar-refractivity contribution in [2.45, 2.75) is 69.8 Å². The van der Waals surface area contributed by atoms with Gasteiger partial charge in [0.15, 0.2) is 0 Å². The first-order chi connectivity index (χ1) is 13.0. The van der Waals surface area contributed by atoms with Crippen LogP contribution in [0.2, 0.25) is 0 Å². The second-order valence-corrected chi connectivity index (χ2v) is 8.18. The van der Waals surface area contributed by atoms with E-state index >= 15 is 0 Å². The van der Waals surface area contributed by atoms with Gasteiger partial charge in [-0.1, -0.05) is 31.4 Å². The Labute approximate surface area is 167 Å². The van der Waals surface area contributed by atoms with Crippen LogP contribution in [0.15, 0.2) is 12.2 Å². The van der Waals surface area contributed by atoms with Gasteiger partial charge in [-0.05, 0) is 44.4 Å². The highest BCUT2D eigenvalue weighted by molar-refractivity contribution is 6.17. The van der Waals surface area contributed by atoms with Crippen molar-refractivity contribution in [3.05, 3.63) is 12.2 Å². The Morgan fingerprint density at radius 3 is 2.63 bits per heavy atom. The molecule has 0 heterocycles. The molecule has 0 amide bonds. The third-order valence-electron chi connectivity index (χ3n) is 5.62. The first kappa shape index (κ1) is 24.3. The van der Waals surface area contributed by atoms with Crippen LogP contribution in [0.5, 0.6) is 0 Å². The van der Waals surface area contributed by atoms with Crippen LogP contribution >= 0.6 is 11.6 Å². The molecule has 1 saturated carbocycles. The van der Waals surface area contributed by atoms with Gasteiger partial charge in [-0.15, -0.1) is 11.6 Å². The Morgan fingerprint density at radius 2 is 2.00 bits per heavy atom. The SMILES string of the molecule is O=CC(CO)CCCCC[C@H]1C(=O)CC[C@@H]1C=CCC(O)(CO)CCCCl. The Morgan fingerprint density at radius 1 is 1.22 bits per heavy atom. The van der Waals surface area contributed by atoms with Crippen LogP contribution in [0.4, 0.5) is 0 Å². The first-order valence-electron chi connectivity index (χ1n) is 10.1. The van der Waals surface area contributed by atoms with Gasteiger partial charge in [0.05, 0.1) is 18.8 Å². The highest BCUT2D eigenvalue weighted by atomic mass is 35.5. The molecule has 2 unspecified atom stereocenters. The van der Waals surface area contributed by atoms with E-state index in [0.717, 1.165) is 38.4 Å². The number of aliphatic hydroxyl groups excluding tert-OH is 2. The molecule has 0 aliphatic heterocycles. The monoisotopic (exact) mass is 402 g/mol. The minimum Gasteiger partial charge on any atom is -0.396 e. The summed E-state index contributed by atoms with van der Waals surface area (Å²) in [6.07, 6.45) is 12.0. The fourth-order valence-corrected chi connectivity index (χ4v) is 3.93. The molecule has 0 aromatic carbocycles. The minimum atomic E-state index is -1.13. The standard InChI is InChI=1S/C21H35ClO5/c22-13-5-12-21(27,16-25)11-4-7-18-9-10-20(26)19(18)8-3-1-2-6-17(14-23)15-24/h4,7,14,17-19,24-25,27H,1-3,5-6,8-13,15-16H2/t17?,18-,19+,21?/m0/s1. The van der Waals surface area contributed by atoms with Crippen molar-refractivity contribution < 1.29 is 24.9 Å². The molecular weight excluding hydrogens is 368 g/mol. The van der Waals surface area contributed by atoms with Gasteiger partial charge in [-0.2, -0.15) is 0 Å². The van der Waals surface area contributed by atoms with Crippen molar-refractivity contribution in [1.29, 1.82) is 0 Å². The van der Waals surface area contributed by atoms with Gasteiger partial charge in [0.1, 0.15) is 12.1 Å². The smallest absolute Gasteiger partial charge is 0.136 e. The number of alkyl halides is 1. The van der Waals surface area contributed by atoms with E-state index in [1.54, 1.807) is 0 Å². The number of hydrogen-bond donors (Lipinski definition) is 3. The summed E-state index contributed by atoms with van der Waals surface area (Å²) in [6.45, 7) is -0.389. The first-order valence-corrected chi connectivity index (χ1v) is 10.7. The maximum atomic E-state index is 12.2. The van der Waals surface area contributed by atoms with Crippen LogP contribution in [0.1, 0.15) is 64.2 Å². The maximum Gasteiger partial charge on any atom is 0.136 e. The van der Waals surface area contributed by atoms with Crippen molar-refractivity contribution in [1.82, 2.24) is 0 Å². The minimum absolute atomic E-state index is 0.0334. The molecule has 0 aromatic rings. The molecular formula is C21H35ClO5. The van der Waals surface area contributed by atoms with Crippen LogP contribution < -0.4 is 0 Å². The van der Waals surface area contributed by atoms with Crippen molar-refractivity contribution >= 4 is 23.7 Å². The van der Waals surface area contributed by atoms with Crippen molar-refractivity contribution in [2.24, 2.45) is 17.8 Å². The van der Waals surface area contributed by atoms with Crippen LogP contribution in [0.3, 0.4) is 0 Å². The summed E-state index contributed by atoms with van der Waals surface area (Å²) in [4.78, 5) is 22.9. The third kappa shape index (κ3) is 8.86. The average Bonchev–Trinajstić information content (AvgIpc) is 3.03. The fourth-order valence-electron chi connectivity index (χ4n) is 3.79. The molecule has 1 aliphatic carbocycles. The number of halogens is 1. The van der Waals surface area contributed by atoms with E-state index in [9.17, 15) is 19.8 Å². The number of ketones is 1. The molecule has 1 rings (SSSR count). The lowest BCUT2D eigenvalue weighted by Crippen LogP contribution is -2.32. The van der Waals surface area contributed by atoms with Crippen molar-refractivity contribution in [3.8, 4) is 0 Å². The van der Waals surface area contributed by atoms with E-state index in [0.29, 0.717) is 43.8 Å². The van der Waals surface area contributed by atoms with E-state index in [2.05, 4.69) is 0 Å². The van der Waals surface area contributed by atoms with E-state index in [1.165, 1.54) is 0 Å². The molecule has 6 heteroatoms. The van der Waals surface area contributed by atoms with Gasteiger partial charge in [-0.3, -0.25) is 4.79 Å². The molecule has 0 saturated heterocycles. The van der Waals surface area contributed by atoms with Crippen LogP contribution in [0.25, 0.3) is 0 Å². The van der Waals surface area contributed by atoms with Crippen molar-refractivity contribution in [3.63, 3.8) is 0 Å². The summed E-state index contributed by atoms with van der Waals surface area (Å²) < 4.78 is 0. The molecule has 156 valence electrons. The molecule has 0 aromatic heterocycles. The predicted molar refractivity (Wildman–Crippen MR) is 107 cm³/mol. The van der Waals surface area contributed by atoms with E-state index < -0.39 is 5.60 Å². The van der Waals surface area contributed by atoms with Crippen molar-refractivity contribution in [2.75, 3.05) is 19.1 Å². The molecule has 0 bridgehead atoms. The third-order valence-corrected chi connectivity index (χ3v) is 5.89. The lowest BCUT2D eigenvalue weighted by molar-refractivity contribution is -0.121. The zero-order valence-corrected chi connectivity index (χ0v) is 16.9. The Bertz CT molecular complexity index is 467. The largest absolute Gasteiger partial charge is 0.396 e. The molecule has 5 nitrogen and oxygen atoms in total. The number of carbonyl (C=O) groups is 2. The van der Waals surface area contributed by atoms with Crippen LogP contribution in [0, 0.1) is 17.8 Å². The Balaban J connectivity index is 2.41. The summed E-state index contributed by atoms with van der Waals surface area (Å²) >= 11 is 5.66. The van der Waals surface area contributed by atoms with Gasteiger partial charge in [-0.25, -0.2) is 0 Å². The second-order valence-electron chi connectivity index (χ2n) is 7.80. The molecule has 1 fully saturated rings. The summed E-state index contributed by atoms with van der Waals surface area (Å²) in [7, 11) is 0. The normalized spacial score (nSPS) is 23.6. The number of Topliss-reactive ketones (excluding diaryl/α,β-unsaturated/α-hetero) is 1. The predicted octanol–water partition coefficient (Wildman–Crippen LogP) is 3.03. The highest BCUT2D eigenvalue weighted by Crippen LogP contribution is 2.34. The zero-order chi connectivity index (χ0) is 20.1. The van der Waals surface area contributed by atoms with Crippen LogP contribution in [-0.4, -0.2) is 52.1 Å². The zero-order valence-electron chi connectivity index (χ0n) is 16.2. The number of allylic oxidation sites excluding steroid dienone is 1. The number of aldehydes is 1. The quantitative estimate of drug-likeness (QED) is 0.169. The van der Waals surface area contributed by atoms with Gasteiger partial charge in [0.25, 0.3) is 0 Å². The molecule has 4 atom stereocenters. The molecule has 1 aliphatic rings. The van der Waals surface area contributed by atoms with E-state index in [-0.39, 0.29) is 31.0 Å².